The van der Waals surface area contributed by atoms with E-state index in [1.165, 1.54) is 0 Å². The molecule has 3 nitrogen and oxygen atoms in total. The van der Waals surface area contributed by atoms with Crippen molar-refractivity contribution in [2.24, 2.45) is 10.8 Å². The van der Waals surface area contributed by atoms with Gasteiger partial charge in [0.05, 0.1) is 5.41 Å². The van der Waals surface area contributed by atoms with Crippen molar-refractivity contribution in [3.05, 3.63) is 0 Å². The van der Waals surface area contributed by atoms with Crippen LogP contribution in [0.5, 0.6) is 0 Å². The van der Waals surface area contributed by atoms with Gasteiger partial charge in [-0.15, -0.1) is 0 Å². The number of carbonyl (C=O) groups is 1. The van der Waals surface area contributed by atoms with Crippen LogP contribution in [0, 0.1) is 10.8 Å². The van der Waals surface area contributed by atoms with E-state index >= 15 is 0 Å². The van der Waals surface area contributed by atoms with Gasteiger partial charge in [0.15, 0.2) is 0 Å². The summed E-state index contributed by atoms with van der Waals surface area (Å²) in [6.07, 6.45) is 3.06. The third-order valence-corrected chi connectivity index (χ3v) is 4.22. The summed E-state index contributed by atoms with van der Waals surface area (Å²) < 4.78 is 0. The molecule has 1 saturated carbocycles. The van der Waals surface area contributed by atoms with E-state index in [-0.39, 0.29) is 11.3 Å². The van der Waals surface area contributed by atoms with E-state index in [9.17, 15) is 4.79 Å². The van der Waals surface area contributed by atoms with E-state index < -0.39 is 0 Å². The second kappa shape index (κ2) is 3.48. The van der Waals surface area contributed by atoms with E-state index in [1.807, 2.05) is 0 Å². The van der Waals surface area contributed by atoms with Crippen LogP contribution in [0.1, 0.15) is 40.0 Å². The first-order valence-corrected chi connectivity index (χ1v) is 6.02. The van der Waals surface area contributed by atoms with Crippen molar-refractivity contribution < 1.29 is 4.79 Å². The molecule has 2 unspecified atom stereocenters. The first-order valence-electron chi connectivity index (χ1n) is 6.02. The molecule has 2 fully saturated rings. The summed E-state index contributed by atoms with van der Waals surface area (Å²) in [6, 6.07) is 0.411. The van der Waals surface area contributed by atoms with Crippen LogP contribution in [0.4, 0.5) is 0 Å². The highest BCUT2D eigenvalue weighted by molar-refractivity contribution is 5.84. The zero-order chi connectivity index (χ0) is 11.1. The number of hydrogen-bond donors (Lipinski definition) is 2. The van der Waals surface area contributed by atoms with Crippen molar-refractivity contribution in [1.82, 2.24) is 10.6 Å². The Hall–Kier alpha value is -0.570. The topological polar surface area (TPSA) is 41.1 Å². The zero-order valence-electron chi connectivity index (χ0n) is 10.0. The average molecular weight is 210 g/mol. The molecule has 86 valence electrons. The van der Waals surface area contributed by atoms with Gasteiger partial charge in [-0.25, -0.2) is 0 Å². The Morgan fingerprint density at radius 2 is 2.20 bits per heavy atom. The SMILES string of the molecule is CCC1(C(=O)NC2CC2(C)C)CCNC1. The molecule has 1 aliphatic heterocycles. The van der Waals surface area contributed by atoms with Crippen LogP contribution in [0.15, 0.2) is 0 Å². The van der Waals surface area contributed by atoms with E-state index in [0.29, 0.717) is 11.5 Å². The van der Waals surface area contributed by atoms with Crippen molar-refractivity contribution in [1.29, 1.82) is 0 Å². The molecule has 1 aliphatic carbocycles. The molecule has 0 aromatic carbocycles. The van der Waals surface area contributed by atoms with Gasteiger partial charge in [0, 0.05) is 12.6 Å². The van der Waals surface area contributed by atoms with Gasteiger partial charge >= 0.3 is 0 Å². The number of amides is 1. The van der Waals surface area contributed by atoms with Gasteiger partial charge in [0.1, 0.15) is 0 Å². The van der Waals surface area contributed by atoms with Crippen LogP contribution in [0.2, 0.25) is 0 Å². The fourth-order valence-electron chi connectivity index (χ4n) is 2.42. The summed E-state index contributed by atoms with van der Waals surface area (Å²) in [4.78, 5) is 12.2. The largest absolute Gasteiger partial charge is 0.352 e. The molecule has 3 heteroatoms. The van der Waals surface area contributed by atoms with Gasteiger partial charge in [-0.1, -0.05) is 20.8 Å². The quantitative estimate of drug-likeness (QED) is 0.737. The van der Waals surface area contributed by atoms with E-state index in [1.54, 1.807) is 0 Å². The maximum atomic E-state index is 12.2. The molecule has 1 amide bonds. The predicted octanol–water partition coefficient (Wildman–Crippen LogP) is 1.29. The molecule has 1 heterocycles. The highest BCUT2D eigenvalue weighted by atomic mass is 16.2. The lowest BCUT2D eigenvalue weighted by Gasteiger charge is -2.25. The van der Waals surface area contributed by atoms with Crippen molar-refractivity contribution in [3.63, 3.8) is 0 Å². The molecular weight excluding hydrogens is 188 g/mol. The Balaban J connectivity index is 1.95. The van der Waals surface area contributed by atoms with Crippen molar-refractivity contribution in [2.75, 3.05) is 13.1 Å². The second-order valence-electron chi connectivity index (χ2n) is 5.78. The molecule has 2 N–H and O–H groups in total. The fraction of sp³-hybridized carbons (Fsp3) is 0.917. The van der Waals surface area contributed by atoms with Crippen molar-refractivity contribution in [2.45, 2.75) is 46.1 Å². The minimum atomic E-state index is -0.126. The lowest BCUT2D eigenvalue weighted by atomic mass is 9.83. The molecule has 0 radical (unpaired) electrons. The van der Waals surface area contributed by atoms with Gasteiger partial charge in [-0.2, -0.15) is 0 Å². The van der Waals surface area contributed by atoms with Crippen LogP contribution in [-0.4, -0.2) is 25.0 Å². The Bertz CT molecular complexity index is 267. The Labute approximate surface area is 92.0 Å². The van der Waals surface area contributed by atoms with E-state index in [2.05, 4.69) is 31.4 Å². The first-order chi connectivity index (χ1) is 7.00. The summed E-state index contributed by atoms with van der Waals surface area (Å²) in [5, 5.41) is 6.50. The van der Waals surface area contributed by atoms with Gasteiger partial charge in [-0.05, 0) is 31.2 Å². The molecule has 2 atom stereocenters. The predicted molar refractivity (Wildman–Crippen MR) is 60.5 cm³/mol. The summed E-state index contributed by atoms with van der Waals surface area (Å²) in [5.74, 6) is 0.269. The Kier molecular flexibility index (Phi) is 2.53. The van der Waals surface area contributed by atoms with Gasteiger partial charge < -0.3 is 10.6 Å². The molecule has 15 heavy (non-hydrogen) atoms. The molecule has 0 spiro atoms. The van der Waals surface area contributed by atoms with Crippen LogP contribution in [-0.2, 0) is 4.79 Å². The summed E-state index contributed by atoms with van der Waals surface area (Å²) in [6.45, 7) is 8.37. The van der Waals surface area contributed by atoms with E-state index in [0.717, 1.165) is 32.4 Å². The maximum Gasteiger partial charge on any atom is 0.227 e. The molecular formula is C12H22N2O. The smallest absolute Gasteiger partial charge is 0.227 e. The van der Waals surface area contributed by atoms with Crippen LogP contribution >= 0.6 is 0 Å². The van der Waals surface area contributed by atoms with Gasteiger partial charge in [0.25, 0.3) is 0 Å². The fourth-order valence-corrected chi connectivity index (χ4v) is 2.42. The number of rotatable bonds is 3. The number of nitrogens with one attached hydrogen (secondary N) is 2. The molecule has 2 aliphatic rings. The third kappa shape index (κ3) is 1.89. The van der Waals surface area contributed by atoms with Crippen LogP contribution in [0.25, 0.3) is 0 Å². The third-order valence-electron chi connectivity index (χ3n) is 4.22. The maximum absolute atomic E-state index is 12.2. The number of hydrogen-bond acceptors (Lipinski definition) is 2. The summed E-state index contributed by atoms with van der Waals surface area (Å²) >= 11 is 0. The molecule has 2 rings (SSSR count). The molecule has 0 aromatic rings. The highest BCUT2D eigenvalue weighted by Gasteiger charge is 2.49. The monoisotopic (exact) mass is 210 g/mol. The molecule has 0 bridgehead atoms. The minimum absolute atomic E-state index is 0.126. The molecule has 1 saturated heterocycles. The Morgan fingerprint density at radius 3 is 2.60 bits per heavy atom. The van der Waals surface area contributed by atoms with Gasteiger partial charge in [-0.3, -0.25) is 4.79 Å². The second-order valence-corrected chi connectivity index (χ2v) is 5.78. The zero-order valence-corrected chi connectivity index (χ0v) is 10.0. The summed E-state index contributed by atoms with van der Waals surface area (Å²) in [5.41, 5.74) is 0.204. The lowest BCUT2D eigenvalue weighted by molar-refractivity contribution is -0.130. The summed E-state index contributed by atoms with van der Waals surface area (Å²) in [7, 11) is 0. The highest BCUT2D eigenvalue weighted by Crippen LogP contribution is 2.45. The van der Waals surface area contributed by atoms with Crippen LogP contribution < -0.4 is 10.6 Å². The van der Waals surface area contributed by atoms with Crippen molar-refractivity contribution >= 4 is 5.91 Å². The van der Waals surface area contributed by atoms with Crippen molar-refractivity contribution in [3.8, 4) is 0 Å². The number of carbonyl (C=O) groups excluding carboxylic acids is 1. The molecule has 0 aromatic heterocycles. The van der Waals surface area contributed by atoms with Crippen LogP contribution in [0.3, 0.4) is 0 Å². The normalized spacial score (nSPS) is 37.7. The van der Waals surface area contributed by atoms with Gasteiger partial charge in [0.2, 0.25) is 5.91 Å². The Morgan fingerprint density at radius 1 is 1.53 bits per heavy atom. The van der Waals surface area contributed by atoms with E-state index in [4.69, 9.17) is 0 Å². The standard InChI is InChI=1S/C12H22N2O/c1-4-12(5-6-13-8-12)10(15)14-9-7-11(9,2)3/h9,13H,4-8H2,1-3H3,(H,14,15). The lowest BCUT2D eigenvalue weighted by Crippen LogP contribution is -2.43. The minimum Gasteiger partial charge on any atom is -0.352 e. The first kappa shape index (κ1) is 10.9. The average Bonchev–Trinajstić information content (AvgIpc) is 2.68.